The van der Waals surface area contributed by atoms with E-state index in [0.29, 0.717) is 17.7 Å². The van der Waals surface area contributed by atoms with Crippen molar-refractivity contribution in [2.75, 3.05) is 0 Å². The largest absolute Gasteiger partial charge is 0.481 e. The lowest BCUT2D eigenvalue weighted by Gasteiger charge is -2.11. The molecule has 1 aromatic rings. The minimum absolute atomic E-state index is 0.0195. The molecule has 0 aliphatic heterocycles. The number of nitrogens with zero attached hydrogens (tertiary/aromatic N) is 1. The minimum Gasteiger partial charge on any atom is -0.481 e. The molecule has 1 aromatic heterocycles. The topological polar surface area (TPSA) is 79.3 Å². The van der Waals surface area contributed by atoms with Crippen molar-refractivity contribution in [3.63, 3.8) is 0 Å². The highest BCUT2D eigenvalue weighted by atomic mass is 32.1. The SMILES string of the molecule is CC(CCCC(=O)O)NC(=O)c1cncs1. The number of aromatic nitrogens is 1. The van der Waals surface area contributed by atoms with E-state index >= 15 is 0 Å². The number of aliphatic carboxylic acids is 1. The third kappa shape index (κ3) is 4.39. The summed E-state index contributed by atoms with van der Waals surface area (Å²) in [6.07, 6.45) is 2.89. The van der Waals surface area contributed by atoms with Crippen LogP contribution in [0.25, 0.3) is 0 Å². The zero-order chi connectivity index (χ0) is 12.0. The quantitative estimate of drug-likeness (QED) is 0.792. The summed E-state index contributed by atoms with van der Waals surface area (Å²) in [4.78, 5) is 26.2. The van der Waals surface area contributed by atoms with E-state index in [1.807, 2.05) is 6.92 Å². The molecular formula is C10H14N2O3S. The fraction of sp³-hybridized carbons (Fsp3) is 0.500. The van der Waals surface area contributed by atoms with Crippen LogP contribution in [0.15, 0.2) is 11.7 Å². The van der Waals surface area contributed by atoms with Crippen molar-refractivity contribution in [3.05, 3.63) is 16.6 Å². The van der Waals surface area contributed by atoms with E-state index < -0.39 is 5.97 Å². The van der Waals surface area contributed by atoms with E-state index in [1.54, 1.807) is 5.51 Å². The van der Waals surface area contributed by atoms with E-state index in [9.17, 15) is 9.59 Å². The molecule has 1 unspecified atom stereocenters. The molecule has 6 heteroatoms. The van der Waals surface area contributed by atoms with Crippen LogP contribution in [0.4, 0.5) is 0 Å². The maximum Gasteiger partial charge on any atom is 0.303 e. The summed E-state index contributed by atoms with van der Waals surface area (Å²) in [5.41, 5.74) is 1.60. The zero-order valence-corrected chi connectivity index (χ0v) is 9.79. The van der Waals surface area contributed by atoms with Crippen molar-refractivity contribution in [2.45, 2.75) is 32.2 Å². The Labute approximate surface area is 97.5 Å². The zero-order valence-electron chi connectivity index (χ0n) is 8.97. The van der Waals surface area contributed by atoms with Gasteiger partial charge in [0.25, 0.3) is 5.91 Å². The molecular weight excluding hydrogens is 228 g/mol. The molecule has 0 radical (unpaired) electrons. The molecule has 0 aliphatic carbocycles. The first-order valence-electron chi connectivity index (χ1n) is 5.00. The fourth-order valence-corrected chi connectivity index (χ4v) is 1.78. The van der Waals surface area contributed by atoms with Gasteiger partial charge in [0.1, 0.15) is 4.88 Å². The monoisotopic (exact) mass is 242 g/mol. The van der Waals surface area contributed by atoms with Gasteiger partial charge in [-0.2, -0.15) is 0 Å². The Hall–Kier alpha value is -1.43. The minimum atomic E-state index is -0.805. The van der Waals surface area contributed by atoms with E-state index in [2.05, 4.69) is 10.3 Å². The van der Waals surface area contributed by atoms with Crippen LogP contribution < -0.4 is 5.32 Å². The van der Waals surface area contributed by atoms with E-state index in [0.717, 1.165) is 0 Å². The van der Waals surface area contributed by atoms with Gasteiger partial charge in [0.2, 0.25) is 0 Å². The van der Waals surface area contributed by atoms with Gasteiger partial charge in [0, 0.05) is 12.5 Å². The summed E-state index contributed by atoms with van der Waals surface area (Å²) in [6, 6.07) is -0.0195. The Morgan fingerprint density at radius 2 is 2.38 bits per heavy atom. The number of rotatable bonds is 6. The molecule has 1 amide bonds. The normalized spacial score (nSPS) is 12.1. The molecule has 0 fully saturated rings. The number of carbonyl (C=O) groups is 2. The van der Waals surface area contributed by atoms with Crippen LogP contribution >= 0.6 is 11.3 Å². The number of nitrogens with one attached hydrogen (secondary N) is 1. The lowest BCUT2D eigenvalue weighted by Crippen LogP contribution is -2.32. The van der Waals surface area contributed by atoms with Gasteiger partial charge in [-0.3, -0.25) is 14.6 Å². The molecule has 2 N–H and O–H groups in total. The molecule has 0 saturated heterocycles. The predicted octanol–water partition coefficient (Wildman–Crippen LogP) is 1.52. The Morgan fingerprint density at radius 1 is 1.62 bits per heavy atom. The fourth-order valence-electron chi connectivity index (χ4n) is 1.25. The van der Waals surface area contributed by atoms with Crippen LogP contribution in [0.2, 0.25) is 0 Å². The number of thiazole rings is 1. The first-order chi connectivity index (χ1) is 7.59. The summed E-state index contributed by atoms with van der Waals surface area (Å²) < 4.78 is 0. The van der Waals surface area contributed by atoms with Crippen molar-refractivity contribution in [2.24, 2.45) is 0 Å². The van der Waals surface area contributed by atoms with E-state index in [4.69, 9.17) is 5.11 Å². The van der Waals surface area contributed by atoms with Gasteiger partial charge < -0.3 is 10.4 Å². The lowest BCUT2D eigenvalue weighted by molar-refractivity contribution is -0.137. The van der Waals surface area contributed by atoms with Gasteiger partial charge in [-0.25, -0.2) is 0 Å². The summed E-state index contributed by atoms with van der Waals surface area (Å²) in [6.45, 7) is 1.86. The van der Waals surface area contributed by atoms with Crippen molar-refractivity contribution in [3.8, 4) is 0 Å². The standard InChI is InChI=1S/C10H14N2O3S/c1-7(3-2-4-9(13)14)12-10(15)8-5-11-6-16-8/h5-7H,2-4H2,1H3,(H,12,15)(H,13,14). The smallest absolute Gasteiger partial charge is 0.303 e. The van der Waals surface area contributed by atoms with Gasteiger partial charge in [-0.1, -0.05) is 0 Å². The molecule has 1 atom stereocenters. The molecule has 88 valence electrons. The van der Waals surface area contributed by atoms with Gasteiger partial charge in [-0.15, -0.1) is 11.3 Å². The molecule has 0 bridgehead atoms. The van der Waals surface area contributed by atoms with Crippen LogP contribution in [0.1, 0.15) is 35.9 Å². The van der Waals surface area contributed by atoms with Crippen molar-refractivity contribution < 1.29 is 14.7 Å². The van der Waals surface area contributed by atoms with Crippen LogP contribution in [0.5, 0.6) is 0 Å². The number of carboxylic acid groups (broad SMARTS) is 1. The van der Waals surface area contributed by atoms with Gasteiger partial charge >= 0.3 is 5.97 Å². The molecule has 0 aromatic carbocycles. The average Bonchev–Trinajstić information content (AvgIpc) is 2.69. The molecule has 5 nitrogen and oxygen atoms in total. The number of carbonyl (C=O) groups excluding carboxylic acids is 1. The molecule has 1 rings (SSSR count). The highest BCUT2D eigenvalue weighted by Gasteiger charge is 2.11. The molecule has 0 spiro atoms. The van der Waals surface area contributed by atoms with Crippen molar-refractivity contribution >= 4 is 23.2 Å². The summed E-state index contributed by atoms with van der Waals surface area (Å²) >= 11 is 1.28. The Bertz CT molecular complexity index is 351. The summed E-state index contributed by atoms with van der Waals surface area (Å²) in [7, 11) is 0. The number of hydrogen-bond acceptors (Lipinski definition) is 4. The van der Waals surface area contributed by atoms with Gasteiger partial charge in [0.05, 0.1) is 11.7 Å². The Kier molecular flexibility index (Phi) is 4.91. The van der Waals surface area contributed by atoms with Crippen LogP contribution in [0, 0.1) is 0 Å². The van der Waals surface area contributed by atoms with E-state index in [1.165, 1.54) is 17.5 Å². The lowest BCUT2D eigenvalue weighted by atomic mass is 10.1. The predicted molar refractivity (Wildman–Crippen MR) is 60.5 cm³/mol. The van der Waals surface area contributed by atoms with Crippen LogP contribution in [-0.4, -0.2) is 28.0 Å². The summed E-state index contributed by atoms with van der Waals surface area (Å²) in [5, 5.41) is 11.3. The second-order valence-electron chi connectivity index (χ2n) is 3.53. The molecule has 0 aliphatic rings. The molecule has 0 saturated carbocycles. The summed E-state index contributed by atoms with van der Waals surface area (Å²) in [5.74, 6) is -0.952. The number of amides is 1. The second kappa shape index (κ2) is 6.22. The molecule has 16 heavy (non-hydrogen) atoms. The first kappa shape index (κ1) is 12.6. The molecule has 1 heterocycles. The van der Waals surface area contributed by atoms with Gasteiger partial charge in [-0.05, 0) is 19.8 Å². The second-order valence-corrected chi connectivity index (χ2v) is 4.41. The highest BCUT2D eigenvalue weighted by molar-refractivity contribution is 7.11. The maximum atomic E-state index is 11.6. The third-order valence-corrected chi connectivity index (χ3v) is 2.83. The maximum absolute atomic E-state index is 11.6. The van der Waals surface area contributed by atoms with Crippen molar-refractivity contribution in [1.82, 2.24) is 10.3 Å². The first-order valence-corrected chi connectivity index (χ1v) is 5.88. The van der Waals surface area contributed by atoms with Crippen molar-refractivity contribution in [1.29, 1.82) is 0 Å². The van der Waals surface area contributed by atoms with Crippen LogP contribution in [0.3, 0.4) is 0 Å². The Morgan fingerprint density at radius 3 is 2.94 bits per heavy atom. The Balaban J connectivity index is 2.26. The highest BCUT2D eigenvalue weighted by Crippen LogP contribution is 2.07. The third-order valence-electron chi connectivity index (χ3n) is 2.06. The number of carboxylic acids is 1. The average molecular weight is 242 g/mol. The number of hydrogen-bond donors (Lipinski definition) is 2. The van der Waals surface area contributed by atoms with Gasteiger partial charge in [0.15, 0.2) is 0 Å². The van der Waals surface area contributed by atoms with E-state index in [-0.39, 0.29) is 18.4 Å². The van der Waals surface area contributed by atoms with Crippen LogP contribution in [-0.2, 0) is 4.79 Å².